The quantitative estimate of drug-likeness (QED) is 0.468. The number of hydrogen-bond donors (Lipinski definition) is 1. The van der Waals surface area contributed by atoms with Crippen LogP contribution in [0.25, 0.3) is 0 Å². The van der Waals surface area contributed by atoms with E-state index < -0.39 is 22.9 Å². The Labute approximate surface area is 146 Å². The number of halogens is 3. The van der Waals surface area contributed by atoms with Gasteiger partial charge in [-0.05, 0) is 44.9 Å². The Kier molecular flexibility index (Phi) is 6.28. The van der Waals surface area contributed by atoms with Gasteiger partial charge in [-0.3, -0.25) is 0 Å². The molecule has 1 atom stereocenters. The molecule has 1 aromatic carbocycles. The number of rotatable bonds is 6. The third-order valence-electron chi connectivity index (χ3n) is 4.13. The predicted molar refractivity (Wildman–Crippen MR) is 93.5 cm³/mol. The van der Waals surface area contributed by atoms with Crippen molar-refractivity contribution >= 4 is 12.0 Å². The lowest BCUT2D eigenvalue weighted by molar-refractivity contribution is -0.250. The fourth-order valence-corrected chi connectivity index (χ4v) is 2.18. The molecular weight excluding hydrogens is 333 g/mol. The lowest BCUT2D eigenvalue weighted by Gasteiger charge is -2.33. The van der Waals surface area contributed by atoms with Crippen LogP contribution in [0.2, 0.25) is 0 Å². The number of methoxy groups -OCH3 is 1. The molecule has 0 heterocycles. The molecule has 140 valence electrons. The molecule has 1 aromatic rings. The first-order valence-electron chi connectivity index (χ1n) is 7.76. The van der Waals surface area contributed by atoms with E-state index in [4.69, 9.17) is 4.74 Å². The molecule has 0 fully saturated rings. The highest BCUT2D eigenvalue weighted by molar-refractivity contribution is 5.66. The van der Waals surface area contributed by atoms with E-state index in [2.05, 4.69) is 11.6 Å². The second-order valence-corrected chi connectivity index (χ2v) is 6.33. The third-order valence-corrected chi connectivity index (χ3v) is 4.13. The van der Waals surface area contributed by atoms with Crippen LogP contribution < -0.4 is 4.74 Å². The molecule has 0 aliphatic heterocycles. The average Bonchev–Trinajstić information content (AvgIpc) is 2.50. The van der Waals surface area contributed by atoms with Gasteiger partial charge in [0.05, 0.1) is 19.1 Å². The molecule has 4 nitrogen and oxygen atoms in total. The zero-order valence-electron chi connectivity index (χ0n) is 15.4. The number of nitrogens with zero attached hydrogens (tertiary/aromatic N) is 2. The van der Waals surface area contributed by atoms with Crippen LogP contribution in [0.1, 0.15) is 31.9 Å². The maximum Gasteiger partial charge on any atom is 0.425 e. The van der Waals surface area contributed by atoms with Crippen LogP contribution in [-0.4, -0.2) is 42.7 Å². The number of ether oxygens (including phenoxy) is 1. The topological polar surface area (TPSA) is 45.1 Å². The van der Waals surface area contributed by atoms with E-state index in [-0.39, 0.29) is 11.8 Å². The minimum absolute atomic E-state index is 0.104. The molecule has 0 aromatic heterocycles. The number of aliphatic hydroxyl groups is 1. The number of aliphatic imine (C=N–C) groups is 1. The largest absolute Gasteiger partial charge is 0.496 e. The number of hydrogen-bond acceptors (Lipinski definition) is 3. The van der Waals surface area contributed by atoms with Crippen molar-refractivity contribution in [1.29, 1.82) is 0 Å². The molecule has 0 aliphatic rings. The smallest absolute Gasteiger partial charge is 0.425 e. The molecule has 0 bridgehead atoms. The highest BCUT2D eigenvalue weighted by Crippen LogP contribution is 2.48. The Morgan fingerprint density at radius 2 is 1.92 bits per heavy atom. The monoisotopic (exact) mass is 358 g/mol. The molecule has 0 radical (unpaired) electrons. The Balaban J connectivity index is 3.52. The van der Waals surface area contributed by atoms with Gasteiger partial charge in [-0.25, -0.2) is 4.99 Å². The van der Waals surface area contributed by atoms with Crippen LogP contribution in [0.5, 0.6) is 5.75 Å². The summed E-state index contributed by atoms with van der Waals surface area (Å²) in [5.41, 5.74) is -3.09. The van der Waals surface area contributed by atoms with Crippen molar-refractivity contribution in [2.24, 2.45) is 4.99 Å². The zero-order chi connectivity index (χ0) is 19.6. The van der Waals surface area contributed by atoms with Gasteiger partial charge in [-0.2, -0.15) is 13.2 Å². The second-order valence-electron chi connectivity index (χ2n) is 6.33. The molecule has 0 saturated carbocycles. The minimum Gasteiger partial charge on any atom is -0.496 e. The van der Waals surface area contributed by atoms with Crippen molar-refractivity contribution in [2.75, 3.05) is 14.2 Å². The Bertz CT molecular complexity index is 669. The fraction of sp³-hybridized carbons (Fsp3) is 0.500. The van der Waals surface area contributed by atoms with E-state index in [0.29, 0.717) is 11.3 Å². The Morgan fingerprint density at radius 3 is 2.32 bits per heavy atom. The predicted octanol–water partition coefficient (Wildman–Crippen LogP) is 4.33. The normalized spacial score (nSPS) is 14.7. The summed E-state index contributed by atoms with van der Waals surface area (Å²) in [7, 11) is 3.09. The van der Waals surface area contributed by atoms with Crippen LogP contribution in [-0.2, 0) is 5.60 Å². The van der Waals surface area contributed by atoms with Crippen LogP contribution in [0.4, 0.5) is 18.9 Å². The van der Waals surface area contributed by atoms with Crippen LogP contribution in [0, 0.1) is 6.92 Å². The van der Waals surface area contributed by atoms with Gasteiger partial charge in [0.2, 0.25) is 5.60 Å². The molecule has 0 aliphatic carbocycles. The maximum atomic E-state index is 13.5. The molecular formula is C18H25F3N2O2. The van der Waals surface area contributed by atoms with Crippen molar-refractivity contribution in [2.45, 2.75) is 45.5 Å². The first kappa shape index (κ1) is 21.0. The Morgan fingerprint density at radius 1 is 1.36 bits per heavy atom. The molecule has 0 amide bonds. The molecule has 1 unspecified atom stereocenters. The van der Waals surface area contributed by atoms with E-state index in [9.17, 15) is 18.3 Å². The van der Waals surface area contributed by atoms with Crippen molar-refractivity contribution in [1.82, 2.24) is 4.90 Å². The van der Waals surface area contributed by atoms with E-state index in [1.54, 1.807) is 13.3 Å². The number of benzene rings is 1. The summed E-state index contributed by atoms with van der Waals surface area (Å²) in [4.78, 5) is 6.16. The summed E-state index contributed by atoms with van der Waals surface area (Å²) < 4.78 is 45.7. The van der Waals surface area contributed by atoms with E-state index in [1.807, 2.05) is 25.8 Å². The first-order chi connectivity index (χ1) is 11.4. The van der Waals surface area contributed by atoms with Crippen molar-refractivity contribution < 1.29 is 23.0 Å². The zero-order valence-corrected chi connectivity index (χ0v) is 15.4. The molecule has 7 heteroatoms. The fourth-order valence-electron chi connectivity index (χ4n) is 2.18. The van der Waals surface area contributed by atoms with Crippen LogP contribution in [0.3, 0.4) is 0 Å². The summed E-state index contributed by atoms with van der Waals surface area (Å²) in [6.45, 7) is 10.0. The highest BCUT2D eigenvalue weighted by atomic mass is 19.4. The van der Waals surface area contributed by atoms with Gasteiger partial charge in [0.25, 0.3) is 0 Å². The summed E-state index contributed by atoms with van der Waals surface area (Å²) in [6.07, 6.45) is -3.33. The van der Waals surface area contributed by atoms with Crippen molar-refractivity contribution in [3.63, 3.8) is 0 Å². The minimum atomic E-state index is -4.93. The van der Waals surface area contributed by atoms with Crippen molar-refractivity contribution in [3.8, 4) is 5.75 Å². The SMILES string of the molecule is C=C(C)C(O)(c1cc(C)c(/N=C/N(C)C(C)C)cc1OC)C(F)(F)F. The Hall–Kier alpha value is -2.02. The number of aryl methyl sites for hydroxylation is 1. The van der Waals surface area contributed by atoms with E-state index >= 15 is 0 Å². The summed E-state index contributed by atoms with van der Waals surface area (Å²) in [6, 6.07) is 2.85. The first-order valence-corrected chi connectivity index (χ1v) is 7.76. The number of alkyl halides is 3. The van der Waals surface area contributed by atoms with Gasteiger partial charge in [0.1, 0.15) is 5.75 Å². The van der Waals surface area contributed by atoms with Gasteiger partial charge >= 0.3 is 6.18 Å². The summed E-state index contributed by atoms with van der Waals surface area (Å²) in [5.74, 6) is -0.104. The summed E-state index contributed by atoms with van der Waals surface area (Å²) in [5, 5.41) is 10.4. The van der Waals surface area contributed by atoms with Gasteiger partial charge in [0, 0.05) is 24.7 Å². The van der Waals surface area contributed by atoms with E-state index in [1.165, 1.54) is 19.2 Å². The third kappa shape index (κ3) is 4.15. The molecule has 0 spiro atoms. The van der Waals surface area contributed by atoms with Gasteiger partial charge in [0.15, 0.2) is 0 Å². The lowest BCUT2D eigenvalue weighted by Crippen LogP contribution is -2.43. The van der Waals surface area contributed by atoms with Crippen LogP contribution >= 0.6 is 0 Å². The lowest BCUT2D eigenvalue weighted by atomic mass is 9.85. The van der Waals surface area contributed by atoms with Gasteiger partial charge in [-0.15, -0.1) is 0 Å². The highest BCUT2D eigenvalue weighted by Gasteiger charge is 2.57. The van der Waals surface area contributed by atoms with Crippen LogP contribution in [0.15, 0.2) is 29.3 Å². The second kappa shape index (κ2) is 7.47. The van der Waals surface area contributed by atoms with Gasteiger partial charge < -0.3 is 14.7 Å². The van der Waals surface area contributed by atoms with Crippen molar-refractivity contribution in [3.05, 3.63) is 35.4 Å². The summed E-state index contributed by atoms with van der Waals surface area (Å²) >= 11 is 0. The average molecular weight is 358 g/mol. The van der Waals surface area contributed by atoms with Gasteiger partial charge in [-0.1, -0.05) is 6.58 Å². The molecule has 0 saturated heterocycles. The standard InChI is InChI=1S/C18H25F3N2O2/c1-11(2)17(24,18(19,20)21)14-8-13(5)15(9-16(14)25-7)22-10-23(6)12(3)4/h8-10,12,24H,1H2,2-7H3/b22-10+. The molecule has 1 N–H and O–H groups in total. The molecule has 1 rings (SSSR count). The molecule has 25 heavy (non-hydrogen) atoms. The maximum absolute atomic E-state index is 13.5. The van der Waals surface area contributed by atoms with E-state index in [0.717, 1.165) is 6.92 Å².